The highest BCUT2D eigenvalue weighted by atomic mass is 35.5. The molecule has 1 aromatic carbocycles. The molecule has 1 saturated heterocycles. The fourth-order valence-corrected chi connectivity index (χ4v) is 4.51. The number of rotatable bonds is 2. The molecule has 1 unspecified atom stereocenters. The van der Waals surface area contributed by atoms with Crippen molar-refractivity contribution in [3.05, 3.63) is 33.8 Å². The average Bonchev–Trinajstić information content (AvgIpc) is 2.90. The van der Waals surface area contributed by atoms with E-state index in [1.165, 1.54) is 4.90 Å². The van der Waals surface area contributed by atoms with Crippen LogP contribution in [0.2, 0.25) is 10.0 Å². The average molecular weight is 330 g/mol. The Bertz CT molecular complexity index is 560. The molecule has 114 valence electrons. The second-order valence-corrected chi connectivity index (χ2v) is 6.90. The van der Waals surface area contributed by atoms with E-state index in [1.54, 1.807) is 18.2 Å². The maximum atomic E-state index is 11.5. The zero-order valence-corrected chi connectivity index (χ0v) is 12.9. The summed E-state index contributed by atoms with van der Waals surface area (Å²) in [6.07, 6.45) is 2.04. The van der Waals surface area contributed by atoms with E-state index in [4.69, 9.17) is 23.2 Å². The van der Waals surface area contributed by atoms with Gasteiger partial charge in [0.2, 0.25) is 0 Å². The van der Waals surface area contributed by atoms with E-state index in [1.807, 2.05) is 0 Å². The first-order chi connectivity index (χ1) is 9.90. The Hall–Kier alpha value is -0.970. The third kappa shape index (κ3) is 2.60. The van der Waals surface area contributed by atoms with Gasteiger partial charge in [0.05, 0.1) is 0 Å². The molecule has 0 aromatic heterocycles. The highest BCUT2D eigenvalue weighted by Gasteiger charge is 2.56. The Balaban J connectivity index is 1.94. The number of aliphatic hydroxyl groups is 1. The van der Waals surface area contributed by atoms with Crippen molar-refractivity contribution >= 4 is 29.3 Å². The van der Waals surface area contributed by atoms with Crippen molar-refractivity contribution in [2.24, 2.45) is 11.8 Å². The zero-order valence-electron chi connectivity index (χ0n) is 11.4. The summed E-state index contributed by atoms with van der Waals surface area (Å²) in [5, 5.41) is 21.5. The summed E-state index contributed by atoms with van der Waals surface area (Å²) in [4.78, 5) is 12.7. The molecule has 0 radical (unpaired) electrons. The van der Waals surface area contributed by atoms with Gasteiger partial charge in [-0.05, 0) is 42.5 Å². The van der Waals surface area contributed by atoms with Crippen molar-refractivity contribution in [2.75, 3.05) is 6.54 Å². The van der Waals surface area contributed by atoms with Crippen LogP contribution in [0.1, 0.15) is 24.8 Å². The molecule has 0 bridgehead atoms. The summed E-state index contributed by atoms with van der Waals surface area (Å²) in [5.41, 5.74) is -0.602. The first-order valence-electron chi connectivity index (χ1n) is 7.08. The summed E-state index contributed by atoms with van der Waals surface area (Å²) < 4.78 is 0. The molecule has 4 nitrogen and oxygen atoms in total. The zero-order chi connectivity index (χ0) is 15.2. The van der Waals surface area contributed by atoms with Gasteiger partial charge in [-0.2, -0.15) is 0 Å². The molecule has 1 aliphatic carbocycles. The molecule has 2 fully saturated rings. The van der Waals surface area contributed by atoms with E-state index in [0.717, 1.165) is 24.8 Å². The van der Waals surface area contributed by atoms with Gasteiger partial charge >= 0.3 is 6.09 Å². The van der Waals surface area contributed by atoms with Crippen LogP contribution in [0, 0.1) is 11.8 Å². The summed E-state index contributed by atoms with van der Waals surface area (Å²) in [5.74, 6) is 0.243. The number of hydrogen-bond acceptors (Lipinski definition) is 2. The molecule has 2 N–H and O–H groups in total. The number of benzene rings is 1. The van der Waals surface area contributed by atoms with Crippen LogP contribution in [0.15, 0.2) is 18.2 Å². The Morgan fingerprint density at radius 2 is 1.95 bits per heavy atom. The molecule has 6 heteroatoms. The van der Waals surface area contributed by atoms with Gasteiger partial charge in [-0.1, -0.05) is 29.6 Å². The van der Waals surface area contributed by atoms with Crippen LogP contribution in [-0.2, 0) is 6.42 Å². The SMILES string of the molecule is O=C(O)N1C[C@@H]2CCC[C@@H]2C1(O)Cc1cc(Cl)cc(Cl)c1. The second kappa shape index (κ2) is 5.34. The molecule has 3 rings (SSSR count). The van der Waals surface area contributed by atoms with E-state index in [0.29, 0.717) is 16.6 Å². The number of carboxylic acid groups (broad SMARTS) is 1. The minimum atomic E-state index is -1.36. The van der Waals surface area contributed by atoms with Gasteiger partial charge in [-0.3, -0.25) is 4.90 Å². The standard InChI is InChI=1S/C15H17Cl2NO3/c16-11-4-9(5-12(17)6-11)7-15(21)13-3-1-2-10(13)8-18(15)14(19)20/h4-6,10,13,21H,1-3,7-8H2,(H,19,20)/t10-,13-,15?/m0/s1. The smallest absolute Gasteiger partial charge is 0.409 e. The first-order valence-corrected chi connectivity index (χ1v) is 7.83. The van der Waals surface area contributed by atoms with Crippen molar-refractivity contribution < 1.29 is 15.0 Å². The van der Waals surface area contributed by atoms with E-state index < -0.39 is 11.8 Å². The fraction of sp³-hybridized carbons (Fsp3) is 0.533. The Labute approximate surface area is 133 Å². The molecule has 1 heterocycles. The van der Waals surface area contributed by atoms with E-state index in [9.17, 15) is 15.0 Å². The van der Waals surface area contributed by atoms with Crippen LogP contribution >= 0.6 is 23.2 Å². The fourth-order valence-electron chi connectivity index (χ4n) is 3.94. The van der Waals surface area contributed by atoms with Crippen molar-refractivity contribution in [2.45, 2.75) is 31.4 Å². The van der Waals surface area contributed by atoms with Gasteiger partial charge in [0.1, 0.15) is 5.72 Å². The minimum Gasteiger partial charge on any atom is -0.465 e. The third-order valence-electron chi connectivity index (χ3n) is 4.75. The summed E-state index contributed by atoms with van der Waals surface area (Å²) in [6.45, 7) is 0.408. The van der Waals surface area contributed by atoms with Gasteiger partial charge in [-0.15, -0.1) is 0 Å². The lowest BCUT2D eigenvalue weighted by Crippen LogP contribution is -2.52. The Morgan fingerprint density at radius 3 is 2.57 bits per heavy atom. The second-order valence-electron chi connectivity index (χ2n) is 6.02. The lowest BCUT2D eigenvalue weighted by Gasteiger charge is -2.36. The quantitative estimate of drug-likeness (QED) is 0.870. The predicted octanol–water partition coefficient (Wildman–Crippen LogP) is 3.63. The summed E-state index contributed by atoms with van der Waals surface area (Å²) in [6, 6.07) is 5.08. The van der Waals surface area contributed by atoms with Crippen LogP contribution in [0.25, 0.3) is 0 Å². The van der Waals surface area contributed by atoms with Gasteiger partial charge in [0.15, 0.2) is 0 Å². The molecule has 21 heavy (non-hydrogen) atoms. The van der Waals surface area contributed by atoms with Crippen molar-refractivity contribution in [1.29, 1.82) is 0 Å². The number of carbonyl (C=O) groups is 1. The molecule has 3 atom stereocenters. The molecular weight excluding hydrogens is 313 g/mol. The molecule has 1 amide bonds. The van der Waals surface area contributed by atoms with Crippen LogP contribution in [0.5, 0.6) is 0 Å². The van der Waals surface area contributed by atoms with Gasteiger partial charge < -0.3 is 10.2 Å². The van der Waals surface area contributed by atoms with Crippen molar-refractivity contribution in [3.63, 3.8) is 0 Å². The predicted molar refractivity (Wildman–Crippen MR) is 80.7 cm³/mol. The molecule has 1 aliphatic heterocycles. The molecular formula is C15H17Cl2NO3. The monoisotopic (exact) mass is 329 g/mol. The largest absolute Gasteiger partial charge is 0.465 e. The molecule has 2 aliphatic rings. The number of halogens is 2. The Morgan fingerprint density at radius 1 is 1.29 bits per heavy atom. The maximum Gasteiger partial charge on any atom is 0.409 e. The number of amides is 1. The summed E-state index contributed by atoms with van der Waals surface area (Å²) in [7, 11) is 0. The van der Waals surface area contributed by atoms with Gasteiger partial charge in [0, 0.05) is 28.9 Å². The third-order valence-corrected chi connectivity index (χ3v) is 5.19. The normalized spacial score (nSPS) is 31.5. The van der Waals surface area contributed by atoms with E-state index in [-0.39, 0.29) is 18.3 Å². The number of nitrogens with zero attached hydrogens (tertiary/aromatic N) is 1. The molecule has 0 spiro atoms. The molecule has 1 aromatic rings. The minimum absolute atomic E-state index is 0.00800. The van der Waals surface area contributed by atoms with Crippen LogP contribution in [0.4, 0.5) is 4.79 Å². The Kier molecular flexibility index (Phi) is 3.80. The molecule has 1 saturated carbocycles. The van der Waals surface area contributed by atoms with Crippen molar-refractivity contribution in [3.8, 4) is 0 Å². The van der Waals surface area contributed by atoms with Crippen LogP contribution < -0.4 is 0 Å². The van der Waals surface area contributed by atoms with Crippen LogP contribution in [0.3, 0.4) is 0 Å². The van der Waals surface area contributed by atoms with E-state index >= 15 is 0 Å². The topological polar surface area (TPSA) is 60.8 Å². The lowest BCUT2D eigenvalue weighted by atomic mass is 9.86. The number of hydrogen-bond donors (Lipinski definition) is 2. The van der Waals surface area contributed by atoms with Crippen molar-refractivity contribution in [1.82, 2.24) is 4.90 Å². The lowest BCUT2D eigenvalue weighted by molar-refractivity contribution is -0.0966. The highest BCUT2D eigenvalue weighted by Crippen LogP contribution is 2.48. The number of fused-ring (bicyclic) bond motifs is 1. The van der Waals surface area contributed by atoms with Gasteiger partial charge in [-0.25, -0.2) is 4.79 Å². The first kappa shape index (κ1) is 14.9. The number of likely N-dealkylation sites (tertiary alicyclic amines) is 1. The van der Waals surface area contributed by atoms with E-state index in [2.05, 4.69) is 0 Å². The maximum absolute atomic E-state index is 11.5. The van der Waals surface area contributed by atoms with Crippen LogP contribution in [-0.4, -0.2) is 33.5 Å². The highest BCUT2D eigenvalue weighted by molar-refractivity contribution is 6.34. The summed E-state index contributed by atoms with van der Waals surface area (Å²) >= 11 is 12.0. The van der Waals surface area contributed by atoms with Gasteiger partial charge in [0.25, 0.3) is 0 Å².